The Morgan fingerprint density at radius 1 is 1.05 bits per heavy atom. The molecule has 1 unspecified atom stereocenters. The van der Waals surface area contributed by atoms with Gasteiger partial charge in [-0.15, -0.1) is 0 Å². The van der Waals surface area contributed by atoms with E-state index in [-0.39, 0.29) is 42.2 Å². The second kappa shape index (κ2) is 13.9. The highest BCUT2D eigenvalue weighted by molar-refractivity contribution is 5.98. The van der Waals surface area contributed by atoms with E-state index in [1.807, 2.05) is 49.1 Å². The molecular weight excluding hydrogens is 492 g/mol. The van der Waals surface area contributed by atoms with Gasteiger partial charge < -0.3 is 20.7 Å². The maximum Gasteiger partial charge on any atom is 0.306 e. The molecule has 2 aromatic carbocycles. The third-order valence-electron chi connectivity index (χ3n) is 7.63. The standard InChI is InChI=1S/C31H42N4O4/c1-4-5-11-26(34-29(37)25-14-12-24(13-15-25)28(32)33)31(2,3)30(38)35-18-16-22(17-19-35)20-27(36)39-21-23-9-7-6-8-10-23/h6-10,12-15,22,26H,4-5,11,16-21H2,1-3H3,(H3,32,33)(H,34,37). The van der Waals surface area contributed by atoms with Crippen molar-refractivity contribution in [2.45, 2.75) is 71.9 Å². The molecule has 2 aromatic rings. The summed E-state index contributed by atoms with van der Waals surface area (Å²) in [7, 11) is 0. The van der Waals surface area contributed by atoms with Crippen LogP contribution in [0, 0.1) is 16.7 Å². The third-order valence-corrected chi connectivity index (χ3v) is 7.63. The molecule has 1 heterocycles. The van der Waals surface area contributed by atoms with Crippen LogP contribution in [0.2, 0.25) is 0 Å². The molecule has 8 nitrogen and oxygen atoms in total. The number of carbonyl (C=O) groups excluding carboxylic acids is 3. The lowest BCUT2D eigenvalue weighted by atomic mass is 9.79. The number of amidine groups is 1. The summed E-state index contributed by atoms with van der Waals surface area (Å²) >= 11 is 0. The van der Waals surface area contributed by atoms with E-state index in [2.05, 4.69) is 12.2 Å². The van der Waals surface area contributed by atoms with E-state index in [4.69, 9.17) is 15.9 Å². The molecule has 0 saturated carbocycles. The van der Waals surface area contributed by atoms with Crippen molar-refractivity contribution in [1.29, 1.82) is 5.41 Å². The molecule has 0 radical (unpaired) electrons. The molecule has 0 spiro atoms. The fourth-order valence-corrected chi connectivity index (χ4v) is 4.99. The molecule has 1 aliphatic heterocycles. The minimum Gasteiger partial charge on any atom is -0.461 e. The molecule has 1 saturated heterocycles. The van der Waals surface area contributed by atoms with E-state index in [1.54, 1.807) is 24.3 Å². The zero-order chi connectivity index (χ0) is 28.4. The molecule has 39 heavy (non-hydrogen) atoms. The Morgan fingerprint density at radius 3 is 2.26 bits per heavy atom. The van der Waals surface area contributed by atoms with Crippen molar-refractivity contribution in [3.05, 3.63) is 71.3 Å². The van der Waals surface area contributed by atoms with Gasteiger partial charge in [-0.3, -0.25) is 19.8 Å². The van der Waals surface area contributed by atoms with Crippen molar-refractivity contribution < 1.29 is 19.1 Å². The van der Waals surface area contributed by atoms with E-state index < -0.39 is 5.41 Å². The average Bonchev–Trinajstić information content (AvgIpc) is 2.94. The number of piperidine rings is 1. The van der Waals surface area contributed by atoms with Crippen LogP contribution in [0.3, 0.4) is 0 Å². The number of nitrogens with one attached hydrogen (secondary N) is 2. The smallest absolute Gasteiger partial charge is 0.306 e. The van der Waals surface area contributed by atoms with Crippen molar-refractivity contribution in [2.24, 2.45) is 17.1 Å². The van der Waals surface area contributed by atoms with E-state index in [0.29, 0.717) is 37.1 Å². The Labute approximate surface area is 231 Å². The molecule has 1 atom stereocenters. The predicted octanol–water partition coefficient (Wildman–Crippen LogP) is 4.66. The number of esters is 1. The summed E-state index contributed by atoms with van der Waals surface area (Å²) < 4.78 is 5.44. The van der Waals surface area contributed by atoms with Crippen molar-refractivity contribution in [2.75, 3.05) is 13.1 Å². The van der Waals surface area contributed by atoms with Crippen molar-refractivity contribution in [3.8, 4) is 0 Å². The molecule has 8 heteroatoms. The summed E-state index contributed by atoms with van der Waals surface area (Å²) in [4.78, 5) is 41.0. The van der Waals surface area contributed by atoms with Crippen LogP contribution in [0.5, 0.6) is 0 Å². The second-order valence-electron chi connectivity index (χ2n) is 11.0. The Morgan fingerprint density at radius 2 is 1.67 bits per heavy atom. The van der Waals surface area contributed by atoms with Gasteiger partial charge in [0.05, 0.1) is 5.41 Å². The highest BCUT2D eigenvalue weighted by Gasteiger charge is 2.41. The van der Waals surface area contributed by atoms with Crippen LogP contribution >= 0.6 is 0 Å². The normalized spacial score (nSPS) is 14.9. The maximum absolute atomic E-state index is 13.7. The third kappa shape index (κ3) is 8.40. The highest BCUT2D eigenvalue weighted by atomic mass is 16.5. The van der Waals surface area contributed by atoms with Crippen LogP contribution < -0.4 is 11.1 Å². The Kier molecular flexibility index (Phi) is 10.7. The lowest BCUT2D eigenvalue weighted by molar-refractivity contribution is -0.147. The largest absolute Gasteiger partial charge is 0.461 e. The minimum absolute atomic E-state index is 0.0148. The number of amides is 2. The van der Waals surface area contributed by atoms with Crippen LogP contribution in [0.25, 0.3) is 0 Å². The fraction of sp³-hybridized carbons (Fsp3) is 0.484. The first-order chi connectivity index (χ1) is 18.6. The lowest BCUT2D eigenvalue weighted by Gasteiger charge is -2.40. The number of carbonyl (C=O) groups is 3. The Balaban J connectivity index is 1.55. The number of benzene rings is 2. The molecular formula is C31H42N4O4. The summed E-state index contributed by atoms with van der Waals surface area (Å²) in [5.74, 6) is -0.306. The van der Waals surface area contributed by atoms with Gasteiger partial charge in [-0.1, -0.05) is 62.2 Å². The van der Waals surface area contributed by atoms with Crippen molar-refractivity contribution in [3.63, 3.8) is 0 Å². The topological polar surface area (TPSA) is 126 Å². The number of ether oxygens (including phenoxy) is 1. The fourth-order valence-electron chi connectivity index (χ4n) is 4.99. The van der Waals surface area contributed by atoms with Gasteiger partial charge in [0.2, 0.25) is 5.91 Å². The van der Waals surface area contributed by atoms with E-state index in [0.717, 1.165) is 31.2 Å². The number of nitrogen functional groups attached to an aromatic ring is 1. The van der Waals surface area contributed by atoms with Crippen LogP contribution in [-0.2, 0) is 20.9 Å². The quantitative estimate of drug-likeness (QED) is 0.207. The molecule has 3 rings (SSSR count). The lowest BCUT2D eigenvalue weighted by Crippen LogP contribution is -2.55. The molecule has 0 bridgehead atoms. The van der Waals surface area contributed by atoms with Gasteiger partial charge in [-0.05, 0) is 56.7 Å². The second-order valence-corrected chi connectivity index (χ2v) is 11.0. The van der Waals surface area contributed by atoms with Gasteiger partial charge in [0.1, 0.15) is 12.4 Å². The molecule has 2 amide bonds. The number of nitrogens with zero attached hydrogens (tertiary/aromatic N) is 1. The van der Waals surface area contributed by atoms with Crippen LogP contribution in [-0.4, -0.2) is 47.7 Å². The van der Waals surface area contributed by atoms with E-state index in [9.17, 15) is 14.4 Å². The van der Waals surface area contributed by atoms with Crippen molar-refractivity contribution >= 4 is 23.6 Å². The Hall–Kier alpha value is -3.68. The first-order valence-electron chi connectivity index (χ1n) is 13.9. The number of rotatable bonds is 12. The van der Waals surface area contributed by atoms with Gasteiger partial charge >= 0.3 is 5.97 Å². The first kappa shape index (κ1) is 29.9. The van der Waals surface area contributed by atoms with Gasteiger partial charge in [0, 0.05) is 36.7 Å². The summed E-state index contributed by atoms with van der Waals surface area (Å²) in [5, 5.41) is 10.6. The van der Waals surface area contributed by atoms with Crippen LogP contribution in [0.1, 0.15) is 80.8 Å². The number of hydrogen-bond donors (Lipinski definition) is 3. The molecule has 0 aromatic heterocycles. The molecule has 4 N–H and O–H groups in total. The van der Waals surface area contributed by atoms with Gasteiger partial charge in [0.15, 0.2) is 0 Å². The SMILES string of the molecule is CCCCC(NC(=O)c1ccc(C(=N)N)cc1)C(C)(C)C(=O)N1CCC(CC(=O)OCc2ccccc2)CC1. The Bertz CT molecular complexity index is 1120. The van der Waals surface area contributed by atoms with Crippen molar-refractivity contribution in [1.82, 2.24) is 10.2 Å². The zero-order valence-corrected chi connectivity index (χ0v) is 23.4. The van der Waals surface area contributed by atoms with Crippen LogP contribution in [0.4, 0.5) is 0 Å². The monoisotopic (exact) mass is 534 g/mol. The number of unbranched alkanes of at least 4 members (excludes halogenated alkanes) is 1. The summed E-state index contributed by atoms with van der Waals surface area (Å²) in [6.07, 6.45) is 4.38. The predicted molar refractivity (Wildman–Crippen MR) is 152 cm³/mol. The van der Waals surface area contributed by atoms with Crippen LogP contribution in [0.15, 0.2) is 54.6 Å². The van der Waals surface area contributed by atoms with Gasteiger partial charge in [-0.25, -0.2) is 0 Å². The van der Waals surface area contributed by atoms with E-state index in [1.165, 1.54) is 0 Å². The van der Waals surface area contributed by atoms with Gasteiger partial charge in [-0.2, -0.15) is 0 Å². The maximum atomic E-state index is 13.7. The average molecular weight is 535 g/mol. The summed E-state index contributed by atoms with van der Waals surface area (Å²) in [6.45, 7) is 7.34. The first-order valence-corrected chi connectivity index (χ1v) is 13.9. The molecule has 1 fully saturated rings. The number of likely N-dealkylation sites (tertiary alicyclic amines) is 1. The highest BCUT2D eigenvalue weighted by Crippen LogP contribution is 2.31. The molecule has 1 aliphatic rings. The molecule has 210 valence electrons. The summed E-state index contributed by atoms with van der Waals surface area (Å²) in [5.41, 5.74) is 6.70. The molecule has 0 aliphatic carbocycles. The summed E-state index contributed by atoms with van der Waals surface area (Å²) in [6, 6.07) is 15.9. The number of hydrogen-bond acceptors (Lipinski definition) is 5. The van der Waals surface area contributed by atoms with E-state index >= 15 is 0 Å². The zero-order valence-electron chi connectivity index (χ0n) is 23.4. The van der Waals surface area contributed by atoms with Gasteiger partial charge in [0.25, 0.3) is 5.91 Å². The number of nitrogens with two attached hydrogens (primary N) is 1. The minimum atomic E-state index is -0.800.